The normalized spacial score (nSPS) is 17.2. The van der Waals surface area contributed by atoms with Gasteiger partial charge in [0.25, 0.3) is 0 Å². The molecule has 110 valence electrons. The van der Waals surface area contributed by atoms with Gasteiger partial charge in [0.2, 0.25) is 0 Å². The first-order chi connectivity index (χ1) is 9.46. The highest BCUT2D eigenvalue weighted by Gasteiger charge is 2.36. The number of carbonyl (C=O) groups is 1. The van der Waals surface area contributed by atoms with E-state index in [1.165, 1.54) is 5.56 Å². The molecule has 0 amide bonds. The number of benzene rings is 1. The van der Waals surface area contributed by atoms with Crippen LogP contribution in [0.5, 0.6) is 0 Å². The Kier molecular flexibility index (Phi) is 4.89. The minimum Gasteiger partial charge on any atom is -0.379 e. The number of Topliss-reactive ketones (excluding diaryl/α,β-unsaturated/α-hetero) is 1. The zero-order valence-corrected chi connectivity index (χ0v) is 13.5. The second kappa shape index (κ2) is 6.29. The van der Waals surface area contributed by atoms with Gasteiger partial charge in [0.05, 0.1) is 18.8 Å². The Morgan fingerprint density at radius 1 is 1.30 bits per heavy atom. The molecule has 0 saturated carbocycles. The van der Waals surface area contributed by atoms with Gasteiger partial charge in [-0.1, -0.05) is 6.07 Å². The van der Waals surface area contributed by atoms with Gasteiger partial charge in [-0.15, -0.1) is 11.8 Å². The summed E-state index contributed by atoms with van der Waals surface area (Å²) in [5, 5.41) is 0. The molecule has 1 aliphatic rings. The van der Waals surface area contributed by atoms with Crippen LogP contribution in [0.4, 0.5) is 0 Å². The van der Waals surface area contributed by atoms with Crippen molar-refractivity contribution in [2.45, 2.75) is 31.2 Å². The highest BCUT2D eigenvalue weighted by Crippen LogP contribution is 2.28. The van der Waals surface area contributed by atoms with E-state index in [2.05, 4.69) is 17.9 Å². The van der Waals surface area contributed by atoms with E-state index in [1.54, 1.807) is 11.8 Å². The molecule has 3 nitrogen and oxygen atoms in total. The van der Waals surface area contributed by atoms with Crippen LogP contribution in [0, 0.1) is 6.92 Å². The van der Waals surface area contributed by atoms with Gasteiger partial charge in [-0.25, -0.2) is 0 Å². The first-order valence-electron chi connectivity index (χ1n) is 6.99. The van der Waals surface area contributed by atoms with Gasteiger partial charge in [0.15, 0.2) is 5.78 Å². The van der Waals surface area contributed by atoms with E-state index in [4.69, 9.17) is 4.74 Å². The summed E-state index contributed by atoms with van der Waals surface area (Å²) in [5.74, 6) is 0.198. The molecule has 0 radical (unpaired) electrons. The third kappa shape index (κ3) is 3.08. The Morgan fingerprint density at radius 3 is 2.55 bits per heavy atom. The molecule has 4 heteroatoms. The fourth-order valence-electron chi connectivity index (χ4n) is 2.58. The lowest BCUT2D eigenvalue weighted by atomic mass is 9.90. The second-order valence-electron chi connectivity index (χ2n) is 5.69. The van der Waals surface area contributed by atoms with E-state index in [-0.39, 0.29) is 5.78 Å². The van der Waals surface area contributed by atoms with Crippen LogP contribution in [0.2, 0.25) is 0 Å². The fraction of sp³-hybridized carbons (Fsp3) is 0.562. The number of aryl methyl sites for hydroxylation is 1. The van der Waals surface area contributed by atoms with Crippen molar-refractivity contribution in [1.29, 1.82) is 0 Å². The predicted octanol–water partition coefficient (Wildman–Crippen LogP) is 3.01. The van der Waals surface area contributed by atoms with Gasteiger partial charge >= 0.3 is 0 Å². The highest BCUT2D eigenvalue weighted by atomic mass is 32.2. The van der Waals surface area contributed by atoms with Gasteiger partial charge in [0.1, 0.15) is 0 Å². The van der Waals surface area contributed by atoms with E-state index < -0.39 is 5.54 Å². The Bertz CT molecular complexity index is 493. The second-order valence-corrected chi connectivity index (χ2v) is 6.54. The summed E-state index contributed by atoms with van der Waals surface area (Å²) in [4.78, 5) is 16.3. The number of ether oxygens (including phenoxy) is 1. The third-order valence-corrected chi connectivity index (χ3v) is 4.74. The van der Waals surface area contributed by atoms with Crippen molar-refractivity contribution < 1.29 is 9.53 Å². The van der Waals surface area contributed by atoms with Crippen LogP contribution in [0.25, 0.3) is 0 Å². The number of morpholine rings is 1. The molecule has 0 unspecified atom stereocenters. The molecular weight excluding hydrogens is 270 g/mol. The third-order valence-electron chi connectivity index (χ3n) is 3.96. The molecular formula is C16H23NO2S. The van der Waals surface area contributed by atoms with Crippen LogP contribution in [-0.4, -0.2) is 48.8 Å². The van der Waals surface area contributed by atoms with Crippen molar-refractivity contribution in [1.82, 2.24) is 4.90 Å². The lowest BCUT2D eigenvalue weighted by Crippen LogP contribution is -2.54. The maximum atomic E-state index is 13.0. The number of hydrogen-bond donors (Lipinski definition) is 0. The number of rotatable bonds is 4. The molecule has 1 aromatic rings. The molecule has 0 bridgehead atoms. The maximum absolute atomic E-state index is 13.0. The minimum atomic E-state index is -0.483. The van der Waals surface area contributed by atoms with Crippen molar-refractivity contribution in [3.05, 3.63) is 29.3 Å². The molecule has 1 aliphatic heterocycles. The summed E-state index contributed by atoms with van der Waals surface area (Å²) in [7, 11) is 0. The van der Waals surface area contributed by atoms with Gasteiger partial charge in [-0.2, -0.15) is 0 Å². The Morgan fingerprint density at radius 2 is 1.95 bits per heavy atom. The van der Waals surface area contributed by atoms with E-state index in [0.29, 0.717) is 13.2 Å². The fourth-order valence-corrected chi connectivity index (χ4v) is 3.27. The summed E-state index contributed by atoms with van der Waals surface area (Å²) >= 11 is 1.64. The van der Waals surface area contributed by atoms with Gasteiger partial charge < -0.3 is 4.74 Å². The number of nitrogens with zero attached hydrogens (tertiary/aromatic N) is 1. The van der Waals surface area contributed by atoms with Gasteiger partial charge in [-0.3, -0.25) is 9.69 Å². The molecule has 0 aliphatic carbocycles. The quantitative estimate of drug-likeness (QED) is 0.630. The standard InChI is InChI=1S/C16H23NO2S/c1-12-5-6-13(14(11-12)20-4)15(18)16(2,3)17-7-9-19-10-8-17/h5-6,11H,7-10H2,1-4H3. The number of ketones is 1. The predicted molar refractivity (Wildman–Crippen MR) is 83.8 cm³/mol. The smallest absolute Gasteiger partial charge is 0.183 e. The molecule has 1 aromatic carbocycles. The van der Waals surface area contributed by atoms with Crippen molar-refractivity contribution in [2.24, 2.45) is 0 Å². The van der Waals surface area contributed by atoms with Crippen molar-refractivity contribution in [3.8, 4) is 0 Å². The average Bonchev–Trinajstić information content (AvgIpc) is 2.47. The zero-order valence-electron chi connectivity index (χ0n) is 12.7. The van der Waals surface area contributed by atoms with Crippen LogP contribution in [0.15, 0.2) is 23.1 Å². The number of hydrogen-bond acceptors (Lipinski definition) is 4. The van der Waals surface area contributed by atoms with Gasteiger partial charge in [-0.05, 0) is 44.7 Å². The Labute approximate surface area is 125 Å². The van der Waals surface area contributed by atoms with Crippen LogP contribution in [0.1, 0.15) is 29.8 Å². The zero-order chi connectivity index (χ0) is 14.8. The first-order valence-corrected chi connectivity index (χ1v) is 8.21. The van der Waals surface area contributed by atoms with Gasteiger partial charge in [0, 0.05) is 23.5 Å². The lowest BCUT2D eigenvalue weighted by molar-refractivity contribution is -0.00440. The molecule has 0 aromatic heterocycles. The Hall–Kier alpha value is -0.840. The minimum absolute atomic E-state index is 0.198. The molecule has 0 atom stereocenters. The molecule has 0 spiro atoms. The van der Waals surface area contributed by atoms with Crippen molar-refractivity contribution in [3.63, 3.8) is 0 Å². The Balaban J connectivity index is 2.29. The summed E-state index contributed by atoms with van der Waals surface area (Å²) in [5.41, 5.74) is 1.54. The van der Waals surface area contributed by atoms with Crippen LogP contribution in [0.3, 0.4) is 0 Å². The van der Waals surface area contributed by atoms with E-state index in [1.807, 2.05) is 32.2 Å². The molecule has 1 fully saturated rings. The monoisotopic (exact) mass is 293 g/mol. The summed E-state index contributed by atoms with van der Waals surface area (Å²) in [6, 6.07) is 6.07. The van der Waals surface area contributed by atoms with E-state index in [0.717, 1.165) is 23.5 Å². The summed E-state index contributed by atoms with van der Waals surface area (Å²) in [6.07, 6.45) is 2.02. The van der Waals surface area contributed by atoms with E-state index >= 15 is 0 Å². The van der Waals surface area contributed by atoms with Crippen LogP contribution < -0.4 is 0 Å². The highest BCUT2D eigenvalue weighted by molar-refractivity contribution is 7.98. The summed E-state index contributed by atoms with van der Waals surface area (Å²) in [6.45, 7) is 9.15. The molecule has 1 saturated heterocycles. The molecule has 2 rings (SSSR count). The SMILES string of the molecule is CSc1cc(C)ccc1C(=O)C(C)(C)N1CCOCC1. The largest absolute Gasteiger partial charge is 0.379 e. The number of thioether (sulfide) groups is 1. The molecule has 20 heavy (non-hydrogen) atoms. The van der Waals surface area contributed by atoms with Crippen molar-refractivity contribution >= 4 is 17.5 Å². The maximum Gasteiger partial charge on any atom is 0.183 e. The van der Waals surface area contributed by atoms with E-state index in [9.17, 15) is 4.79 Å². The first kappa shape index (κ1) is 15.5. The van der Waals surface area contributed by atoms with Crippen LogP contribution >= 0.6 is 11.8 Å². The molecule has 0 N–H and O–H groups in total. The number of carbonyl (C=O) groups excluding carboxylic acids is 1. The molecule has 1 heterocycles. The van der Waals surface area contributed by atoms with Crippen LogP contribution in [-0.2, 0) is 4.74 Å². The topological polar surface area (TPSA) is 29.5 Å². The van der Waals surface area contributed by atoms with Crippen molar-refractivity contribution in [2.75, 3.05) is 32.6 Å². The lowest BCUT2D eigenvalue weighted by Gasteiger charge is -2.39. The summed E-state index contributed by atoms with van der Waals surface area (Å²) < 4.78 is 5.38. The average molecular weight is 293 g/mol.